The number of aliphatic hydroxyl groups is 1. The van der Waals surface area contributed by atoms with Crippen LogP contribution in [0.2, 0.25) is 0 Å². The van der Waals surface area contributed by atoms with E-state index in [0.29, 0.717) is 6.42 Å². The molecule has 4 nitrogen and oxygen atoms in total. The highest BCUT2D eigenvalue weighted by molar-refractivity contribution is 5.69. The van der Waals surface area contributed by atoms with Gasteiger partial charge in [-0.2, -0.15) is 0 Å². The molecule has 0 aliphatic heterocycles. The highest BCUT2D eigenvalue weighted by Crippen LogP contribution is 2.00. The molecule has 0 aliphatic carbocycles. The third-order valence-corrected chi connectivity index (χ3v) is 1.68. The number of carbonyl (C=O) groups is 1. The summed E-state index contributed by atoms with van der Waals surface area (Å²) in [5.41, 5.74) is 5.35. The van der Waals surface area contributed by atoms with Crippen molar-refractivity contribution in [3.63, 3.8) is 0 Å². The quantitative estimate of drug-likeness (QED) is 0.450. The lowest BCUT2D eigenvalue weighted by molar-refractivity contribution is -0.144. The molecular weight excluding hydrogens is 170 g/mol. The number of aliphatic hydroxyl groups excluding tert-OH is 1. The Labute approximate surface area is 79.1 Å². The van der Waals surface area contributed by atoms with Crippen molar-refractivity contribution in [2.45, 2.75) is 38.6 Å². The second-order valence-electron chi connectivity index (χ2n) is 3.08. The lowest BCUT2D eigenvalue weighted by Crippen LogP contribution is -2.31. The molecule has 4 heteroatoms. The Morgan fingerprint density at radius 2 is 2.23 bits per heavy atom. The third kappa shape index (κ3) is 7.74. The standard InChI is InChI=1S/C9H19NO3/c1-2-3-4-5-9(12)13-7-8(10)6-11/h8,11H,2-7,10H2,1H3/t8-/m0/s1. The minimum absolute atomic E-state index is 0.113. The molecule has 0 fully saturated rings. The van der Waals surface area contributed by atoms with Gasteiger partial charge >= 0.3 is 5.97 Å². The van der Waals surface area contributed by atoms with Crippen LogP contribution in [0.4, 0.5) is 0 Å². The molecule has 0 aliphatic rings. The molecule has 13 heavy (non-hydrogen) atoms. The molecule has 0 saturated heterocycles. The van der Waals surface area contributed by atoms with E-state index in [1.807, 2.05) is 0 Å². The Balaban J connectivity index is 3.30. The summed E-state index contributed by atoms with van der Waals surface area (Å²) in [5, 5.41) is 8.55. The molecule has 1 atom stereocenters. The van der Waals surface area contributed by atoms with Gasteiger partial charge in [-0.3, -0.25) is 4.79 Å². The summed E-state index contributed by atoms with van der Waals surface area (Å²) >= 11 is 0. The van der Waals surface area contributed by atoms with E-state index in [1.54, 1.807) is 0 Å². The van der Waals surface area contributed by atoms with Gasteiger partial charge in [0.1, 0.15) is 6.61 Å². The Kier molecular flexibility index (Phi) is 7.63. The fourth-order valence-corrected chi connectivity index (χ4v) is 0.844. The Morgan fingerprint density at radius 3 is 2.77 bits per heavy atom. The van der Waals surface area contributed by atoms with E-state index in [-0.39, 0.29) is 19.2 Å². The molecule has 0 amide bonds. The van der Waals surface area contributed by atoms with Gasteiger partial charge in [0, 0.05) is 6.42 Å². The van der Waals surface area contributed by atoms with Crippen molar-refractivity contribution in [1.29, 1.82) is 0 Å². The van der Waals surface area contributed by atoms with E-state index in [1.165, 1.54) is 0 Å². The number of hydrogen-bond acceptors (Lipinski definition) is 4. The molecule has 0 bridgehead atoms. The van der Waals surface area contributed by atoms with Crippen molar-refractivity contribution in [1.82, 2.24) is 0 Å². The van der Waals surface area contributed by atoms with Crippen molar-refractivity contribution in [3.05, 3.63) is 0 Å². The Morgan fingerprint density at radius 1 is 1.54 bits per heavy atom. The first-order valence-electron chi connectivity index (χ1n) is 4.72. The van der Waals surface area contributed by atoms with Crippen LogP contribution in [0.25, 0.3) is 0 Å². The number of ether oxygens (including phenoxy) is 1. The van der Waals surface area contributed by atoms with Gasteiger partial charge in [-0.15, -0.1) is 0 Å². The minimum atomic E-state index is -0.449. The van der Waals surface area contributed by atoms with Gasteiger partial charge in [0.25, 0.3) is 0 Å². The van der Waals surface area contributed by atoms with Gasteiger partial charge in [-0.25, -0.2) is 0 Å². The molecule has 0 aromatic rings. The van der Waals surface area contributed by atoms with Crippen molar-refractivity contribution in [2.75, 3.05) is 13.2 Å². The largest absolute Gasteiger partial charge is 0.464 e. The predicted octanol–water partition coefficient (Wildman–Crippen LogP) is 0.430. The van der Waals surface area contributed by atoms with Crippen LogP contribution < -0.4 is 5.73 Å². The number of esters is 1. The monoisotopic (exact) mass is 189 g/mol. The van der Waals surface area contributed by atoms with Crippen molar-refractivity contribution < 1.29 is 14.6 Å². The smallest absolute Gasteiger partial charge is 0.305 e. The molecule has 0 aromatic heterocycles. The van der Waals surface area contributed by atoms with Crippen LogP contribution in [-0.2, 0) is 9.53 Å². The van der Waals surface area contributed by atoms with Gasteiger partial charge in [-0.1, -0.05) is 19.8 Å². The van der Waals surface area contributed by atoms with Crippen LogP contribution in [0.15, 0.2) is 0 Å². The lowest BCUT2D eigenvalue weighted by Gasteiger charge is -2.08. The molecule has 78 valence electrons. The number of unbranched alkanes of at least 4 members (excludes halogenated alkanes) is 2. The van der Waals surface area contributed by atoms with Crippen LogP contribution in [0.3, 0.4) is 0 Å². The summed E-state index contributed by atoms with van der Waals surface area (Å²) in [6.07, 6.45) is 3.44. The molecule has 0 spiro atoms. The molecule has 0 heterocycles. The summed E-state index contributed by atoms with van der Waals surface area (Å²) < 4.78 is 4.82. The van der Waals surface area contributed by atoms with E-state index in [9.17, 15) is 4.79 Å². The number of rotatable bonds is 7. The second kappa shape index (κ2) is 8.01. The summed E-state index contributed by atoms with van der Waals surface area (Å²) in [7, 11) is 0. The van der Waals surface area contributed by atoms with Crippen molar-refractivity contribution in [3.8, 4) is 0 Å². The maximum atomic E-state index is 11.0. The van der Waals surface area contributed by atoms with Gasteiger partial charge < -0.3 is 15.6 Å². The summed E-state index contributed by atoms with van der Waals surface area (Å²) in [6.45, 7) is 2.04. The first kappa shape index (κ1) is 12.4. The summed E-state index contributed by atoms with van der Waals surface area (Å²) in [6, 6.07) is -0.449. The summed E-state index contributed by atoms with van der Waals surface area (Å²) in [4.78, 5) is 11.0. The average molecular weight is 189 g/mol. The molecule has 0 aromatic carbocycles. The molecule has 0 rings (SSSR count). The third-order valence-electron chi connectivity index (χ3n) is 1.68. The van der Waals surface area contributed by atoms with Crippen LogP contribution in [0.1, 0.15) is 32.6 Å². The maximum Gasteiger partial charge on any atom is 0.305 e. The fourth-order valence-electron chi connectivity index (χ4n) is 0.844. The summed E-state index contributed by atoms with van der Waals surface area (Å²) in [5.74, 6) is -0.225. The van der Waals surface area contributed by atoms with E-state index < -0.39 is 6.04 Å². The van der Waals surface area contributed by atoms with Gasteiger partial charge in [0.2, 0.25) is 0 Å². The van der Waals surface area contributed by atoms with E-state index in [4.69, 9.17) is 15.6 Å². The lowest BCUT2D eigenvalue weighted by atomic mass is 10.2. The SMILES string of the molecule is CCCCCC(=O)OC[C@@H](N)CO. The van der Waals surface area contributed by atoms with E-state index in [2.05, 4.69) is 6.92 Å². The van der Waals surface area contributed by atoms with Crippen LogP contribution in [-0.4, -0.2) is 30.3 Å². The first-order valence-corrected chi connectivity index (χ1v) is 4.72. The fraction of sp³-hybridized carbons (Fsp3) is 0.889. The predicted molar refractivity (Wildman–Crippen MR) is 50.2 cm³/mol. The van der Waals surface area contributed by atoms with E-state index >= 15 is 0 Å². The zero-order valence-corrected chi connectivity index (χ0v) is 8.16. The molecule has 0 radical (unpaired) electrons. The van der Waals surface area contributed by atoms with Crippen LogP contribution in [0, 0.1) is 0 Å². The average Bonchev–Trinajstić information content (AvgIpc) is 2.14. The Hall–Kier alpha value is -0.610. The van der Waals surface area contributed by atoms with Crippen molar-refractivity contribution in [2.24, 2.45) is 5.73 Å². The Bertz CT molecular complexity index is 139. The zero-order chi connectivity index (χ0) is 10.1. The second-order valence-corrected chi connectivity index (χ2v) is 3.08. The van der Waals surface area contributed by atoms with Gasteiger partial charge in [0.15, 0.2) is 0 Å². The molecule has 0 saturated carbocycles. The molecular formula is C9H19NO3. The topological polar surface area (TPSA) is 72.5 Å². The van der Waals surface area contributed by atoms with Crippen LogP contribution in [0.5, 0.6) is 0 Å². The highest BCUT2D eigenvalue weighted by atomic mass is 16.5. The molecule has 3 N–H and O–H groups in total. The van der Waals surface area contributed by atoms with E-state index in [0.717, 1.165) is 19.3 Å². The van der Waals surface area contributed by atoms with Crippen molar-refractivity contribution >= 4 is 5.97 Å². The zero-order valence-electron chi connectivity index (χ0n) is 8.16. The number of carbonyl (C=O) groups excluding carboxylic acids is 1. The first-order chi connectivity index (χ1) is 6.20. The number of nitrogens with two attached hydrogens (primary N) is 1. The number of hydrogen-bond donors (Lipinski definition) is 2. The van der Waals surface area contributed by atoms with Gasteiger partial charge in [0.05, 0.1) is 12.6 Å². The van der Waals surface area contributed by atoms with Crippen LogP contribution >= 0.6 is 0 Å². The maximum absolute atomic E-state index is 11.0. The highest BCUT2D eigenvalue weighted by Gasteiger charge is 2.05. The van der Waals surface area contributed by atoms with Gasteiger partial charge in [-0.05, 0) is 6.42 Å². The normalized spacial score (nSPS) is 12.5. The molecule has 0 unspecified atom stereocenters. The minimum Gasteiger partial charge on any atom is -0.464 e.